The van der Waals surface area contributed by atoms with Crippen LogP contribution >= 0.6 is 0 Å². The van der Waals surface area contributed by atoms with Crippen LogP contribution in [0, 0.1) is 5.82 Å². The van der Waals surface area contributed by atoms with Crippen molar-refractivity contribution in [1.82, 2.24) is 9.80 Å². The number of guanidine groups is 1. The molecule has 7 heteroatoms. The molecule has 0 spiro atoms. The van der Waals surface area contributed by atoms with Crippen LogP contribution in [0.3, 0.4) is 0 Å². The first-order chi connectivity index (χ1) is 16.1. The van der Waals surface area contributed by atoms with Crippen LogP contribution in [0.2, 0.25) is 0 Å². The summed E-state index contributed by atoms with van der Waals surface area (Å²) in [4.78, 5) is 20.6. The quantitative estimate of drug-likeness (QED) is 0.436. The molecule has 0 unspecified atom stereocenters. The topological polar surface area (TPSA) is 68.2 Å². The second-order valence-electron chi connectivity index (χ2n) is 7.99. The Bertz CT molecular complexity index is 1110. The number of aromatic carboxylic acids is 1. The normalized spacial score (nSPS) is 14.8. The summed E-state index contributed by atoms with van der Waals surface area (Å²) in [6.45, 7) is 4.09. The van der Waals surface area contributed by atoms with Gasteiger partial charge in [-0.05, 0) is 29.8 Å². The molecular formula is C26H27FN4O2. The Kier molecular flexibility index (Phi) is 7.32. The molecule has 0 atom stereocenters. The second kappa shape index (κ2) is 10.7. The molecular weight excluding hydrogens is 419 g/mol. The Morgan fingerprint density at radius 3 is 2.39 bits per heavy atom. The smallest absolute Gasteiger partial charge is 0.335 e. The van der Waals surface area contributed by atoms with Crippen LogP contribution in [-0.4, -0.2) is 53.0 Å². The lowest BCUT2D eigenvalue weighted by molar-refractivity contribution is 0.0697. The average molecular weight is 447 g/mol. The Morgan fingerprint density at radius 1 is 0.939 bits per heavy atom. The Labute approximate surface area is 193 Å². The van der Waals surface area contributed by atoms with E-state index in [4.69, 9.17) is 4.99 Å². The lowest BCUT2D eigenvalue weighted by atomic mass is 10.2. The number of piperazine rings is 1. The van der Waals surface area contributed by atoms with Gasteiger partial charge in [0.1, 0.15) is 5.82 Å². The Balaban J connectivity index is 1.47. The number of hydrogen-bond donors (Lipinski definition) is 2. The van der Waals surface area contributed by atoms with Crippen LogP contribution in [0.4, 0.5) is 10.1 Å². The first-order valence-corrected chi connectivity index (χ1v) is 11.0. The van der Waals surface area contributed by atoms with Crippen LogP contribution in [0.25, 0.3) is 0 Å². The van der Waals surface area contributed by atoms with Gasteiger partial charge >= 0.3 is 5.97 Å². The van der Waals surface area contributed by atoms with Gasteiger partial charge in [-0.2, -0.15) is 0 Å². The highest BCUT2D eigenvalue weighted by Crippen LogP contribution is 2.15. The molecule has 1 heterocycles. The number of carboxylic acids is 1. The van der Waals surface area contributed by atoms with Gasteiger partial charge in [-0.15, -0.1) is 0 Å². The predicted molar refractivity (Wildman–Crippen MR) is 128 cm³/mol. The van der Waals surface area contributed by atoms with Crippen LogP contribution in [0.15, 0.2) is 83.9 Å². The maximum atomic E-state index is 14.0. The molecule has 1 fully saturated rings. The van der Waals surface area contributed by atoms with Gasteiger partial charge in [-0.25, -0.2) is 14.2 Å². The third-order valence-corrected chi connectivity index (χ3v) is 5.64. The number of nitrogens with zero attached hydrogens (tertiary/aromatic N) is 3. The van der Waals surface area contributed by atoms with Crippen molar-refractivity contribution in [3.8, 4) is 0 Å². The highest BCUT2D eigenvalue weighted by atomic mass is 19.1. The summed E-state index contributed by atoms with van der Waals surface area (Å²) in [6, 6.07) is 23.6. The molecule has 0 aromatic heterocycles. The summed E-state index contributed by atoms with van der Waals surface area (Å²) in [5.74, 6) is -0.444. The van der Waals surface area contributed by atoms with E-state index in [1.54, 1.807) is 24.3 Å². The SMILES string of the molecule is O=C(O)c1cccc(NC(=NCc2ccccc2)N2CCN(Cc3ccccc3F)CC2)c1. The highest BCUT2D eigenvalue weighted by Gasteiger charge is 2.21. The number of carbonyl (C=O) groups is 1. The van der Waals surface area contributed by atoms with Crippen molar-refractivity contribution in [3.63, 3.8) is 0 Å². The fourth-order valence-corrected chi connectivity index (χ4v) is 3.81. The summed E-state index contributed by atoms with van der Waals surface area (Å²) in [5, 5.41) is 12.6. The van der Waals surface area contributed by atoms with Crippen LogP contribution in [0.5, 0.6) is 0 Å². The largest absolute Gasteiger partial charge is 0.478 e. The molecule has 2 N–H and O–H groups in total. The van der Waals surface area contributed by atoms with Crippen molar-refractivity contribution >= 4 is 17.6 Å². The van der Waals surface area contributed by atoms with Gasteiger partial charge < -0.3 is 15.3 Å². The lowest BCUT2D eigenvalue weighted by Gasteiger charge is -2.36. The minimum atomic E-state index is -0.969. The number of anilines is 1. The van der Waals surface area contributed by atoms with E-state index >= 15 is 0 Å². The number of halogens is 1. The molecule has 1 saturated heterocycles. The molecule has 0 radical (unpaired) electrons. The van der Waals surface area contributed by atoms with Crippen molar-refractivity contribution in [2.24, 2.45) is 4.99 Å². The van der Waals surface area contributed by atoms with Crippen molar-refractivity contribution in [2.75, 3.05) is 31.5 Å². The predicted octanol–water partition coefficient (Wildman–Crippen LogP) is 4.31. The number of carboxylic acid groups (broad SMARTS) is 1. The maximum Gasteiger partial charge on any atom is 0.335 e. The summed E-state index contributed by atoms with van der Waals surface area (Å²) in [7, 11) is 0. The summed E-state index contributed by atoms with van der Waals surface area (Å²) < 4.78 is 14.0. The van der Waals surface area contributed by atoms with Crippen LogP contribution in [-0.2, 0) is 13.1 Å². The highest BCUT2D eigenvalue weighted by molar-refractivity contribution is 5.95. The van der Waals surface area contributed by atoms with E-state index in [2.05, 4.69) is 15.1 Å². The molecule has 4 rings (SSSR count). The maximum absolute atomic E-state index is 14.0. The van der Waals surface area contributed by atoms with Crippen molar-refractivity contribution in [2.45, 2.75) is 13.1 Å². The first-order valence-electron chi connectivity index (χ1n) is 11.0. The first kappa shape index (κ1) is 22.5. The van der Waals surface area contributed by atoms with E-state index in [-0.39, 0.29) is 11.4 Å². The number of rotatable bonds is 6. The molecule has 33 heavy (non-hydrogen) atoms. The fourth-order valence-electron chi connectivity index (χ4n) is 3.81. The van der Waals surface area contributed by atoms with E-state index in [0.29, 0.717) is 30.3 Å². The van der Waals surface area contributed by atoms with Gasteiger partial charge in [-0.1, -0.05) is 54.6 Å². The minimum absolute atomic E-state index is 0.176. The number of hydrogen-bond acceptors (Lipinski definition) is 3. The van der Waals surface area contributed by atoms with Crippen molar-refractivity contribution < 1.29 is 14.3 Å². The molecule has 0 amide bonds. The Morgan fingerprint density at radius 2 is 1.67 bits per heavy atom. The summed E-state index contributed by atoms with van der Waals surface area (Å²) >= 11 is 0. The monoisotopic (exact) mass is 446 g/mol. The van der Waals surface area contributed by atoms with Gasteiger partial charge in [0.15, 0.2) is 5.96 Å². The van der Waals surface area contributed by atoms with Gasteiger partial charge in [0.25, 0.3) is 0 Å². The molecule has 3 aromatic carbocycles. The van der Waals surface area contributed by atoms with Gasteiger partial charge in [0.05, 0.1) is 12.1 Å². The van der Waals surface area contributed by atoms with E-state index in [9.17, 15) is 14.3 Å². The second-order valence-corrected chi connectivity index (χ2v) is 7.99. The fraction of sp³-hybridized carbons (Fsp3) is 0.231. The van der Waals surface area contributed by atoms with E-state index < -0.39 is 5.97 Å². The van der Waals surface area contributed by atoms with Gasteiger partial charge in [-0.3, -0.25) is 4.90 Å². The molecule has 3 aromatic rings. The zero-order valence-electron chi connectivity index (χ0n) is 18.3. The van der Waals surface area contributed by atoms with Crippen LogP contribution in [0.1, 0.15) is 21.5 Å². The van der Waals surface area contributed by atoms with E-state index in [0.717, 1.165) is 31.7 Å². The molecule has 0 aliphatic carbocycles. The standard InChI is InChI=1S/C26H27FN4O2/c27-24-12-5-4-9-22(24)19-30-13-15-31(16-14-30)26(28-18-20-7-2-1-3-8-20)29-23-11-6-10-21(17-23)25(32)33/h1-12,17H,13-16,18-19H2,(H,28,29)(H,32,33). The molecule has 170 valence electrons. The Hall–Kier alpha value is -3.71. The lowest BCUT2D eigenvalue weighted by Crippen LogP contribution is -2.50. The van der Waals surface area contributed by atoms with E-state index in [1.165, 1.54) is 6.07 Å². The number of nitrogens with one attached hydrogen (secondary N) is 1. The molecule has 0 bridgehead atoms. The molecule has 0 saturated carbocycles. The van der Waals surface area contributed by atoms with Crippen molar-refractivity contribution in [1.29, 1.82) is 0 Å². The summed E-state index contributed by atoms with van der Waals surface area (Å²) in [6.07, 6.45) is 0. The average Bonchev–Trinajstić information content (AvgIpc) is 2.84. The van der Waals surface area contributed by atoms with Gasteiger partial charge in [0.2, 0.25) is 0 Å². The van der Waals surface area contributed by atoms with Crippen LogP contribution < -0.4 is 5.32 Å². The molecule has 1 aliphatic rings. The number of benzene rings is 3. The third-order valence-electron chi connectivity index (χ3n) is 5.64. The minimum Gasteiger partial charge on any atom is -0.478 e. The zero-order valence-corrected chi connectivity index (χ0v) is 18.3. The van der Waals surface area contributed by atoms with Gasteiger partial charge in [0, 0.05) is 44.0 Å². The van der Waals surface area contributed by atoms with Crippen molar-refractivity contribution in [3.05, 3.63) is 101 Å². The number of aliphatic imine (C=N–C) groups is 1. The molecule has 6 nitrogen and oxygen atoms in total. The summed E-state index contributed by atoms with van der Waals surface area (Å²) in [5.41, 5.74) is 2.69. The van der Waals surface area contributed by atoms with E-state index in [1.807, 2.05) is 48.5 Å². The molecule has 1 aliphatic heterocycles. The zero-order chi connectivity index (χ0) is 23.0. The third kappa shape index (κ3) is 6.17.